The van der Waals surface area contributed by atoms with Gasteiger partial charge in [0.1, 0.15) is 5.75 Å². The van der Waals surface area contributed by atoms with Crippen LogP contribution in [0.4, 0.5) is 0 Å². The normalized spacial score (nSPS) is 10.7. The minimum Gasteiger partial charge on any atom is -0.493 e. The van der Waals surface area contributed by atoms with Crippen molar-refractivity contribution in [3.63, 3.8) is 0 Å². The van der Waals surface area contributed by atoms with Crippen molar-refractivity contribution in [1.82, 2.24) is 0 Å². The second kappa shape index (κ2) is 6.94. The predicted octanol–water partition coefficient (Wildman–Crippen LogP) is 5.24. The number of hydrogen-bond acceptors (Lipinski definition) is 1. The summed E-state index contributed by atoms with van der Waals surface area (Å²) in [6, 6.07) is 25.2. The van der Waals surface area contributed by atoms with E-state index in [0.29, 0.717) is 0 Å². The van der Waals surface area contributed by atoms with Crippen LogP contribution in [0.5, 0.6) is 5.75 Å². The SMILES string of the molecule is c1ccc(CCCCOc2cccc3ccccc23)cc1. The first-order chi connectivity index (χ1) is 10.4. The van der Waals surface area contributed by atoms with Crippen LogP contribution in [-0.2, 0) is 6.42 Å². The highest BCUT2D eigenvalue weighted by molar-refractivity contribution is 5.88. The molecular weight excluding hydrogens is 256 g/mol. The van der Waals surface area contributed by atoms with E-state index in [-0.39, 0.29) is 0 Å². The molecule has 0 radical (unpaired) electrons. The summed E-state index contributed by atoms with van der Waals surface area (Å²) < 4.78 is 5.96. The summed E-state index contributed by atoms with van der Waals surface area (Å²) in [7, 11) is 0. The molecule has 0 saturated heterocycles. The Balaban J connectivity index is 1.51. The Morgan fingerprint density at radius 3 is 2.33 bits per heavy atom. The summed E-state index contributed by atoms with van der Waals surface area (Å²) in [6.45, 7) is 0.779. The fourth-order valence-electron chi connectivity index (χ4n) is 2.58. The highest BCUT2D eigenvalue weighted by Gasteiger charge is 2.00. The minimum atomic E-state index is 0.779. The lowest BCUT2D eigenvalue weighted by atomic mass is 10.1. The number of unbranched alkanes of at least 4 members (excludes halogenated alkanes) is 1. The van der Waals surface area contributed by atoms with Crippen LogP contribution in [0.3, 0.4) is 0 Å². The van der Waals surface area contributed by atoms with Gasteiger partial charge in [-0.25, -0.2) is 0 Å². The quantitative estimate of drug-likeness (QED) is 0.559. The molecule has 0 amide bonds. The van der Waals surface area contributed by atoms with E-state index in [9.17, 15) is 0 Å². The number of ether oxygens (including phenoxy) is 1. The molecule has 1 nitrogen and oxygen atoms in total. The first-order valence-electron chi connectivity index (χ1n) is 7.58. The van der Waals surface area contributed by atoms with Gasteiger partial charge in [-0.2, -0.15) is 0 Å². The van der Waals surface area contributed by atoms with Gasteiger partial charge in [-0.1, -0.05) is 66.7 Å². The average molecular weight is 276 g/mol. The van der Waals surface area contributed by atoms with Crippen LogP contribution in [0.15, 0.2) is 72.8 Å². The summed E-state index contributed by atoms with van der Waals surface area (Å²) >= 11 is 0. The highest BCUT2D eigenvalue weighted by atomic mass is 16.5. The zero-order valence-electron chi connectivity index (χ0n) is 12.2. The first kappa shape index (κ1) is 13.7. The lowest BCUT2D eigenvalue weighted by Crippen LogP contribution is -1.98. The predicted molar refractivity (Wildman–Crippen MR) is 88.8 cm³/mol. The maximum absolute atomic E-state index is 5.96. The van der Waals surface area contributed by atoms with Gasteiger partial charge in [-0.3, -0.25) is 0 Å². The molecule has 0 atom stereocenters. The highest BCUT2D eigenvalue weighted by Crippen LogP contribution is 2.25. The molecule has 21 heavy (non-hydrogen) atoms. The fraction of sp³-hybridized carbons (Fsp3) is 0.200. The summed E-state index contributed by atoms with van der Waals surface area (Å²) in [5, 5.41) is 2.43. The average Bonchev–Trinajstić information content (AvgIpc) is 2.56. The zero-order valence-corrected chi connectivity index (χ0v) is 12.2. The van der Waals surface area contributed by atoms with Gasteiger partial charge in [0.2, 0.25) is 0 Å². The van der Waals surface area contributed by atoms with Gasteiger partial charge in [0.15, 0.2) is 0 Å². The Morgan fingerprint density at radius 1 is 0.667 bits per heavy atom. The Hall–Kier alpha value is -2.28. The van der Waals surface area contributed by atoms with E-state index < -0.39 is 0 Å². The summed E-state index contributed by atoms with van der Waals surface area (Å²) in [4.78, 5) is 0. The van der Waals surface area contributed by atoms with Gasteiger partial charge in [0, 0.05) is 5.39 Å². The number of hydrogen-bond donors (Lipinski definition) is 0. The van der Waals surface area contributed by atoms with Gasteiger partial charge in [-0.05, 0) is 36.3 Å². The molecule has 106 valence electrons. The smallest absolute Gasteiger partial charge is 0.127 e. The third-order valence-corrected chi connectivity index (χ3v) is 3.71. The number of aryl methyl sites for hydroxylation is 1. The van der Waals surface area contributed by atoms with E-state index in [1.54, 1.807) is 0 Å². The molecule has 0 bridgehead atoms. The van der Waals surface area contributed by atoms with Gasteiger partial charge in [0.25, 0.3) is 0 Å². The Bertz CT molecular complexity index is 683. The summed E-state index contributed by atoms with van der Waals surface area (Å²) in [5.74, 6) is 0.993. The molecule has 3 rings (SSSR count). The molecule has 3 aromatic carbocycles. The van der Waals surface area contributed by atoms with Crippen molar-refractivity contribution in [3.8, 4) is 5.75 Å². The van der Waals surface area contributed by atoms with Crippen LogP contribution in [0.25, 0.3) is 10.8 Å². The molecule has 0 N–H and O–H groups in total. The van der Waals surface area contributed by atoms with Crippen LogP contribution in [0, 0.1) is 0 Å². The maximum Gasteiger partial charge on any atom is 0.127 e. The first-order valence-corrected chi connectivity index (χ1v) is 7.58. The molecule has 0 aromatic heterocycles. The molecule has 0 aliphatic carbocycles. The number of benzene rings is 3. The Morgan fingerprint density at radius 2 is 1.43 bits per heavy atom. The molecule has 0 spiro atoms. The van der Waals surface area contributed by atoms with Crippen molar-refractivity contribution < 1.29 is 4.74 Å². The van der Waals surface area contributed by atoms with E-state index in [4.69, 9.17) is 4.74 Å². The minimum absolute atomic E-state index is 0.779. The van der Waals surface area contributed by atoms with Crippen LogP contribution in [0.2, 0.25) is 0 Å². The van der Waals surface area contributed by atoms with Gasteiger partial charge in [0.05, 0.1) is 6.61 Å². The lowest BCUT2D eigenvalue weighted by molar-refractivity contribution is 0.310. The molecule has 0 aliphatic heterocycles. The molecule has 1 heteroatoms. The van der Waals surface area contributed by atoms with Gasteiger partial charge in [-0.15, -0.1) is 0 Å². The van der Waals surface area contributed by atoms with Crippen LogP contribution < -0.4 is 4.74 Å². The van der Waals surface area contributed by atoms with Crippen molar-refractivity contribution in [2.24, 2.45) is 0 Å². The number of rotatable bonds is 6. The van der Waals surface area contributed by atoms with Crippen LogP contribution in [0.1, 0.15) is 18.4 Å². The second-order valence-corrected chi connectivity index (χ2v) is 5.27. The summed E-state index contributed by atoms with van der Waals surface area (Å²) in [5.41, 5.74) is 1.41. The third-order valence-electron chi connectivity index (χ3n) is 3.71. The monoisotopic (exact) mass is 276 g/mol. The van der Waals surface area contributed by atoms with E-state index in [2.05, 4.69) is 72.8 Å². The zero-order chi connectivity index (χ0) is 14.3. The van der Waals surface area contributed by atoms with Crippen LogP contribution in [-0.4, -0.2) is 6.61 Å². The van der Waals surface area contributed by atoms with Crippen molar-refractivity contribution in [1.29, 1.82) is 0 Å². The molecule has 0 fully saturated rings. The summed E-state index contributed by atoms with van der Waals surface area (Å²) in [6.07, 6.45) is 3.37. The van der Waals surface area contributed by atoms with Crippen LogP contribution >= 0.6 is 0 Å². The largest absolute Gasteiger partial charge is 0.493 e. The maximum atomic E-state index is 5.96. The van der Waals surface area contributed by atoms with E-state index >= 15 is 0 Å². The van der Waals surface area contributed by atoms with Crippen molar-refractivity contribution in [3.05, 3.63) is 78.4 Å². The Kier molecular flexibility index (Phi) is 4.52. The van der Waals surface area contributed by atoms with E-state index in [1.807, 2.05) is 0 Å². The number of fused-ring (bicyclic) bond motifs is 1. The molecule has 3 aromatic rings. The van der Waals surface area contributed by atoms with E-state index in [0.717, 1.165) is 31.6 Å². The molecule has 0 saturated carbocycles. The van der Waals surface area contributed by atoms with Crippen molar-refractivity contribution in [2.75, 3.05) is 6.61 Å². The topological polar surface area (TPSA) is 9.23 Å². The molecule has 0 heterocycles. The van der Waals surface area contributed by atoms with E-state index in [1.165, 1.54) is 16.3 Å². The third kappa shape index (κ3) is 3.63. The molecular formula is C20H20O. The van der Waals surface area contributed by atoms with Gasteiger partial charge < -0.3 is 4.74 Å². The second-order valence-electron chi connectivity index (χ2n) is 5.27. The van der Waals surface area contributed by atoms with Crippen molar-refractivity contribution in [2.45, 2.75) is 19.3 Å². The lowest BCUT2D eigenvalue weighted by Gasteiger charge is -2.09. The molecule has 0 aliphatic rings. The van der Waals surface area contributed by atoms with Gasteiger partial charge >= 0.3 is 0 Å². The molecule has 0 unspecified atom stereocenters. The standard InChI is InChI=1S/C20H20O/c1-2-9-17(10-3-1)11-6-7-16-21-20-15-8-13-18-12-4-5-14-19(18)20/h1-5,8-10,12-15H,6-7,11,16H2. The Labute approximate surface area is 126 Å². The fourth-order valence-corrected chi connectivity index (χ4v) is 2.58. The van der Waals surface area contributed by atoms with Crippen molar-refractivity contribution >= 4 is 10.8 Å².